The van der Waals surface area contributed by atoms with E-state index in [1.807, 2.05) is 30.3 Å². The quantitative estimate of drug-likeness (QED) is 0.525. The van der Waals surface area contributed by atoms with E-state index in [-0.39, 0.29) is 13.2 Å². The van der Waals surface area contributed by atoms with Crippen LogP contribution in [0.1, 0.15) is 19.4 Å². The van der Waals surface area contributed by atoms with E-state index in [9.17, 15) is 14.4 Å². The van der Waals surface area contributed by atoms with Crippen LogP contribution in [0.25, 0.3) is 0 Å². The number of esters is 2. The Morgan fingerprint density at radius 2 is 1.78 bits per heavy atom. The maximum Gasteiger partial charge on any atom is 0.347 e. The summed E-state index contributed by atoms with van der Waals surface area (Å²) in [6.07, 6.45) is -3.24. The van der Waals surface area contributed by atoms with Crippen molar-refractivity contribution in [2.45, 2.75) is 38.8 Å². The molecule has 1 rings (SSSR count). The molecule has 0 fully saturated rings. The fourth-order valence-corrected chi connectivity index (χ4v) is 1.53. The Balaban J connectivity index is 2.38. The summed E-state index contributed by atoms with van der Waals surface area (Å²) in [5.74, 6) is -1.84. The summed E-state index contributed by atoms with van der Waals surface area (Å²) in [4.78, 5) is 33.8. The van der Waals surface area contributed by atoms with E-state index in [4.69, 9.17) is 14.6 Å². The van der Waals surface area contributed by atoms with Gasteiger partial charge in [-0.25, -0.2) is 9.59 Å². The second-order valence-corrected chi connectivity index (χ2v) is 4.87. The summed E-state index contributed by atoms with van der Waals surface area (Å²) in [7, 11) is 0. The van der Waals surface area contributed by atoms with Crippen molar-refractivity contribution < 1.29 is 33.7 Å². The van der Waals surface area contributed by atoms with Crippen molar-refractivity contribution in [3.8, 4) is 0 Å². The van der Waals surface area contributed by atoms with E-state index < -0.39 is 30.3 Å². The van der Waals surface area contributed by atoms with Gasteiger partial charge in [-0.15, -0.1) is 0 Å². The average molecular weight is 324 g/mol. The molecule has 7 heteroatoms. The van der Waals surface area contributed by atoms with Crippen LogP contribution in [0.3, 0.4) is 0 Å². The largest absolute Gasteiger partial charge is 0.449 e. The standard InChI is InChI=1S/C16H20O7/c1-11(18)15(19)22-12(2)16(20)23-14(8-17)10-21-9-13-6-4-3-5-7-13/h3-8,11-12,14,18H,9-10H2,1-2H3/t11-,12-,14+/m0/s1. The van der Waals surface area contributed by atoms with Crippen LogP contribution < -0.4 is 0 Å². The molecular formula is C16H20O7. The predicted octanol–water partition coefficient (Wildman–Crippen LogP) is 0.626. The number of carbonyl (C=O) groups is 3. The van der Waals surface area contributed by atoms with Gasteiger partial charge in [-0.3, -0.25) is 4.79 Å². The summed E-state index contributed by atoms with van der Waals surface area (Å²) in [6, 6.07) is 9.30. The van der Waals surface area contributed by atoms with Gasteiger partial charge in [0.25, 0.3) is 0 Å². The number of benzene rings is 1. The first-order valence-electron chi connectivity index (χ1n) is 7.10. The molecule has 0 bridgehead atoms. The van der Waals surface area contributed by atoms with Crippen molar-refractivity contribution in [1.82, 2.24) is 0 Å². The molecule has 3 atom stereocenters. The molecule has 7 nitrogen and oxygen atoms in total. The van der Waals surface area contributed by atoms with E-state index in [1.165, 1.54) is 13.8 Å². The van der Waals surface area contributed by atoms with Gasteiger partial charge in [0.05, 0.1) is 13.2 Å². The van der Waals surface area contributed by atoms with Crippen molar-refractivity contribution >= 4 is 18.2 Å². The molecule has 0 heterocycles. The molecule has 0 amide bonds. The Bertz CT molecular complexity index is 512. The third-order valence-electron chi connectivity index (χ3n) is 2.78. The maximum atomic E-state index is 11.7. The van der Waals surface area contributed by atoms with Gasteiger partial charge in [0.1, 0.15) is 6.10 Å². The van der Waals surface area contributed by atoms with Crippen LogP contribution in [-0.4, -0.2) is 48.3 Å². The minimum atomic E-state index is -1.35. The van der Waals surface area contributed by atoms with Gasteiger partial charge in [0.2, 0.25) is 0 Å². The fourth-order valence-electron chi connectivity index (χ4n) is 1.53. The molecule has 0 radical (unpaired) electrons. The van der Waals surface area contributed by atoms with Gasteiger partial charge >= 0.3 is 11.9 Å². The van der Waals surface area contributed by atoms with Crippen molar-refractivity contribution in [1.29, 1.82) is 0 Å². The Morgan fingerprint density at radius 1 is 1.13 bits per heavy atom. The van der Waals surface area contributed by atoms with Crippen molar-refractivity contribution in [3.63, 3.8) is 0 Å². The Hall–Kier alpha value is -2.25. The van der Waals surface area contributed by atoms with E-state index in [2.05, 4.69) is 4.74 Å². The van der Waals surface area contributed by atoms with Crippen LogP contribution in [0.2, 0.25) is 0 Å². The van der Waals surface area contributed by atoms with Crippen LogP contribution in [0, 0.1) is 0 Å². The molecular weight excluding hydrogens is 304 g/mol. The van der Waals surface area contributed by atoms with Gasteiger partial charge < -0.3 is 19.3 Å². The van der Waals surface area contributed by atoms with E-state index >= 15 is 0 Å². The van der Waals surface area contributed by atoms with E-state index in [0.29, 0.717) is 6.29 Å². The third-order valence-corrected chi connectivity index (χ3v) is 2.78. The molecule has 1 aromatic carbocycles. The normalized spacial score (nSPS) is 14.4. The third kappa shape index (κ3) is 7.03. The number of aliphatic hydroxyl groups is 1. The first kappa shape index (κ1) is 18.8. The van der Waals surface area contributed by atoms with Gasteiger partial charge in [0.15, 0.2) is 18.5 Å². The molecule has 0 saturated carbocycles. The Morgan fingerprint density at radius 3 is 2.35 bits per heavy atom. The van der Waals surface area contributed by atoms with Crippen LogP contribution in [0.4, 0.5) is 0 Å². The van der Waals surface area contributed by atoms with Crippen molar-refractivity contribution in [2.75, 3.05) is 6.61 Å². The van der Waals surface area contributed by atoms with Gasteiger partial charge in [-0.2, -0.15) is 0 Å². The zero-order valence-electron chi connectivity index (χ0n) is 13.0. The molecule has 1 N–H and O–H groups in total. The van der Waals surface area contributed by atoms with Crippen LogP contribution in [0.15, 0.2) is 30.3 Å². The van der Waals surface area contributed by atoms with Crippen molar-refractivity contribution in [2.24, 2.45) is 0 Å². The van der Waals surface area contributed by atoms with Gasteiger partial charge in [-0.05, 0) is 19.4 Å². The van der Waals surface area contributed by atoms with E-state index in [0.717, 1.165) is 5.56 Å². The number of aldehydes is 1. The highest BCUT2D eigenvalue weighted by atomic mass is 16.6. The molecule has 0 spiro atoms. The number of hydrogen-bond donors (Lipinski definition) is 1. The summed E-state index contributed by atoms with van der Waals surface area (Å²) in [6.45, 7) is 2.66. The Labute approximate surface area is 134 Å². The Kier molecular flexibility index (Phi) is 7.93. The summed E-state index contributed by atoms with van der Waals surface area (Å²) in [5.41, 5.74) is 0.919. The topological polar surface area (TPSA) is 99.1 Å². The number of aliphatic hydroxyl groups excluding tert-OH is 1. The molecule has 0 aliphatic heterocycles. The average Bonchev–Trinajstić information content (AvgIpc) is 2.54. The summed E-state index contributed by atoms with van der Waals surface area (Å²) >= 11 is 0. The molecule has 0 aromatic heterocycles. The second kappa shape index (κ2) is 9.70. The molecule has 1 aromatic rings. The first-order chi connectivity index (χ1) is 10.9. The summed E-state index contributed by atoms with van der Waals surface area (Å²) < 4.78 is 14.9. The minimum Gasteiger partial charge on any atom is -0.449 e. The maximum absolute atomic E-state index is 11.7. The van der Waals surface area contributed by atoms with Crippen LogP contribution in [0.5, 0.6) is 0 Å². The number of rotatable bonds is 9. The second-order valence-electron chi connectivity index (χ2n) is 4.87. The number of carbonyl (C=O) groups excluding carboxylic acids is 3. The number of hydrogen-bond acceptors (Lipinski definition) is 7. The molecule has 0 unspecified atom stereocenters. The molecule has 23 heavy (non-hydrogen) atoms. The van der Waals surface area contributed by atoms with Crippen LogP contribution >= 0.6 is 0 Å². The minimum absolute atomic E-state index is 0.110. The monoisotopic (exact) mass is 324 g/mol. The fraction of sp³-hybridized carbons (Fsp3) is 0.438. The molecule has 0 aliphatic carbocycles. The van der Waals surface area contributed by atoms with Crippen LogP contribution in [-0.2, 0) is 35.2 Å². The molecule has 0 saturated heterocycles. The lowest BCUT2D eigenvalue weighted by Crippen LogP contribution is -2.34. The zero-order valence-corrected chi connectivity index (χ0v) is 13.0. The lowest BCUT2D eigenvalue weighted by atomic mass is 10.2. The predicted molar refractivity (Wildman–Crippen MR) is 79.3 cm³/mol. The first-order valence-corrected chi connectivity index (χ1v) is 7.10. The van der Waals surface area contributed by atoms with E-state index in [1.54, 1.807) is 0 Å². The molecule has 126 valence electrons. The number of ether oxygens (including phenoxy) is 3. The zero-order chi connectivity index (χ0) is 17.2. The van der Waals surface area contributed by atoms with Gasteiger partial charge in [0, 0.05) is 0 Å². The highest BCUT2D eigenvalue weighted by Crippen LogP contribution is 2.04. The smallest absolute Gasteiger partial charge is 0.347 e. The lowest BCUT2D eigenvalue weighted by molar-refractivity contribution is -0.176. The lowest BCUT2D eigenvalue weighted by Gasteiger charge is -2.17. The van der Waals surface area contributed by atoms with Crippen molar-refractivity contribution in [3.05, 3.63) is 35.9 Å². The highest BCUT2D eigenvalue weighted by Gasteiger charge is 2.24. The summed E-state index contributed by atoms with van der Waals surface area (Å²) in [5, 5.41) is 9.00. The SMILES string of the molecule is C[C@H](O)C(=O)O[C@@H](C)C(=O)O[C@H](C=O)COCc1ccccc1. The van der Waals surface area contributed by atoms with Gasteiger partial charge in [-0.1, -0.05) is 30.3 Å². The highest BCUT2D eigenvalue weighted by molar-refractivity contribution is 5.81. The molecule has 0 aliphatic rings.